The van der Waals surface area contributed by atoms with E-state index in [4.69, 9.17) is 5.10 Å². The SMILES string of the molecule is O=C(c1nn(-c2ccc(O)cc2)c2c1CC(NCCc1ccccc1)CC2)N1CCCCC1. The smallest absolute Gasteiger partial charge is 0.274 e. The summed E-state index contributed by atoms with van der Waals surface area (Å²) in [7, 11) is 0. The third-order valence-corrected chi connectivity index (χ3v) is 6.90. The second kappa shape index (κ2) is 9.79. The molecule has 2 N–H and O–H groups in total. The van der Waals surface area contributed by atoms with Crippen molar-refractivity contribution in [3.8, 4) is 11.4 Å². The summed E-state index contributed by atoms with van der Waals surface area (Å²) in [4.78, 5) is 15.4. The lowest BCUT2D eigenvalue weighted by atomic mass is 9.90. The van der Waals surface area contributed by atoms with Crippen LogP contribution < -0.4 is 5.32 Å². The maximum absolute atomic E-state index is 13.5. The first-order chi connectivity index (χ1) is 16.2. The maximum Gasteiger partial charge on any atom is 0.274 e. The molecule has 172 valence electrons. The number of hydrogen-bond donors (Lipinski definition) is 2. The topological polar surface area (TPSA) is 70.4 Å². The molecule has 2 aromatic carbocycles. The van der Waals surface area contributed by atoms with Gasteiger partial charge < -0.3 is 15.3 Å². The molecule has 1 unspecified atom stereocenters. The number of aromatic hydroxyl groups is 1. The lowest BCUT2D eigenvalue weighted by Gasteiger charge is -2.27. The van der Waals surface area contributed by atoms with E-state index >= 15 is 0 Å². The van der Waals surface area contributed by atoms with Crippen LogP contribution in [0.2, 0.25) is 0 Å². The van der Waals surface area contributed by atoms with Gasteiger partial charge in [0, 0.05) is 30.4 Å². The minimum atomic E-state index is 0.0633. The molecule has 1 atom stereocenters. The average molecular weight is 445 g/mol. The zero-order chi connectivity index (χ0) is 22.6. The number of aromatic nitrogens is 2. The highest BCUT2D eigenvalue weighted by Gasteiger charge is 2.31. The highest BCUT2D eigenvalue weighted by atomic mass is 16.3. The Morgan fingerprint density at radius 2 is 1.79 bits per heavy atom. The van der Waals surface area contributed by atoms with Gasteiger partial charge in [-0.25, -0.2) is 4.68 Å². The summed E-state index contributed by atoms with van der Waals surface area (Å²) in [5.41, 5.74) is 5.04. The van der Waals surface area contributed by atoms with Crippen molar-refractivity contribution in [2.24, 2.45) is 0 Å². The van der Waals surface area contributed by atoms with Crippen LogP contribution >= 0.6 is 0 Å². The van der Waals surface area contributed by atoms with Gasteiger partial charge in [0.1, 0.15) is 5.75 Å². The molecule has 1 fully saturated rings. The fourth-order valence-electron chi connectivity index (χ4n) is 5.08. The molecule has 1 aliphatic carbocycles. The first kappa shape index (κ1) is 21.7. The fourth-order valence-corrected chi connectivity index (χ4v) is 5.08. The molecule has 0 saturated carbocycles. The Bertz CT molecular complexity index is 1090. The molecule has 5 rings (SSSR count). The number of piperidine rings is 1. The molecule has 2 heterocycles. The van der Waals surface area contributed by atoms with Gasteiger partial charge in [-0.3, -0.25) is 4.79 Å². The molecular formula is C27H32N4O2. The predicted molar refractivity (Wildman–Crippen MR) is 129 cm³/mol. The predicted octanol–water partition coefficient (Wildman–Crippen LogP) is 3.89. The molecule has 0 spiro atoms. The van der Waals surface area contributed by atoms with Gasteiger partial charge in [-0.2, -0.15) is 5.10 Å². The minimum absolute atomic E-state index is 0.0633. The highest BCUT2D eigenvalue weighted by molar-refractivity contribution is 5.94. The van der Waals surface area contributed by atoms with Gasteiger partial charge in [0.15, 0.2) is 5.69 Å². The summed E-state index contributed by atoms with van der Waals surface area (Å²) in [6.07, 6.45) is 7.03. The van der Waals surface area contributed by atoms with Gasteiger partial charge >= 0.3 is 0 Å². The number of phenols is 1. The summed E-state index contributed by atoms with van der Waals surface area (Å²) < 4.78 is 1.92. The molecule has 1 amide bonds. The van der Waals surface area contributed by atoms with Crippen molar-refractivity contribution >= 4 is 5.91 Å². The number of phenolic OH excluding ortho intramolecular Hbond substituents is 1. The van der Waals surface area contributed by atoms with E-state index in [-0.39, 0.29) is 11.7 Å². The van der Waals surface area contributed by atoms with Crippen molar-refractivity contribution in [2.45, 2.75) is 51.0 Å². The molecule has 3 aromatic rings. The van der Waals surface area contributed by atoms with Crippen LogP contribution in [0.25, 0.3) is 5.69 Å². The number of carbonyl (C=O) groups is 1. The molecule has 0 radical (unpaired) electrons. The van der Waals surface area contributed by atoms with E-state index < -0.39 is 0 Å². The Labute approximate surface area is 195 Å². The average Bonchev–Trinajstić information content (AvgIpc) is 3.24. The standard InChI is InChI=1S/C27H32N4O2/c32-23-12-10-22(11-13-23)31-25-14-9-21(28-16-15-20-7-3-1-4-8-20)19-24(25)26(29-31)27(33)30-17-5-2-6-18-30/h1,3-4,7-8,10-13,21,28,32H,2,5-6,9,14-19H2. The van der Waals surface area contributed by atoms with E-state index in [1.807, 2.05) is 27.8 Å². The van der Waals surface area contributed by atoms with E-state index in [0.29, 0.717) is 11.7 Å². The normalized spacial score (nSPS) is 18.2. The van der Waals surface area contributed by atoms with E-state index in [0.717, 1.165) is 75.1 Å². The van der Waals surface area contributed by atoms with Crippen LogP contribution in [0, 0.1) is 0 Å². The zero-order valence-corrected chi connectivity index (χ0v) is 19.0. The Kier molecular flexibility index (Phi) is 6.44. The third-order valence-electron chi connectivity index (χ3n) is 6.90. The number of benzene rings is 2. The van der Waals surface area contributed by atoms with E-state index in [9.17, 15) is 9.90 Å². The van der Waals surface area contributed by atoms with Crippen LogP contribution in [0.1, 0.15) is 53.0 Å². The van der Waals surface area contributed by atoms with Crippen molar-refractivity contribution in [1.29, 1.82) is 0 Å². The third kappa shape index (κ3) is 4.81. The summed E-state index contributed by atoms with van der Waals surface area (Å²) in [6, 6.07) is 18.0. The number of fused-ring (bicyclic) bond motifs is 1. The quantitative estimate of drug-likeness (QED) is 0.605. The first-order valence-electron chi connectivity index (χ1n) is 12.2. The Morgan fingerprint density at radius 1 is 1.03 bits per heavy atom. The van der Waals surface area contributed by atoms with Gasteiger partial charge in [0.2, 0.25) is 0 Å². The zero-order valence-electron chi connectivity index (χ0n) is 19.0. The number of likely N-dealkylation sites (tertiary alicyclic amines) is 1. The molecule has 2 aliphatic rings. The number of rotatable bonds is 6. The van der Waals surface area contributed by atoms with Crippen LogP contribution in [-0.4, -0.2) is 51.4 Å². The molecule has 6 nitrogen and oxygen atoms in total. The summed E-state index contributed by atoms with van der Waals surface area (Å²) in [6.45, 7) is 2.56. The number of amides is 1. The molecule has 1 saturated heterocycles. The van der Waals surface area contributed by atoms with E-state index in [1.165, 1.54) is 12.0 Å². The van der Waals surface area contributed by atoms with Crippen LogP contribution in [0.15, 0.2) is 54.6 Å². The number of nitrogens with one attached hydrogen (secondary N) is 1. The van der Waals surface area contributed by atoms with Crippen molar-refractivity contribution in [3.63, 3.8) is 0 Å². The van der Waals surface area contributed by atoms with Gasteiger partial charge in [0.05, 0.1) is 5.69 Å². The summed E-state index contributed by atoms with van der Waals surface area (Å²) >= 11 is 0. The molecule has 0 bridgehead atoms. The lowest BCUT2D eigenvalue weighted by molar-refractivity contribution is 0.0716. The Balaban J connectivity index is 1.38. The largest absolute Gasteiger partial charge is 0.508 e. The monoisotopic (exact) mass is 444 g/mol. The van der Waals surface area contributed by atoms with Crippen LogP contribution in [0.3, 0.4) is 0 Å². The van der Waals surface area contributed by atoms with Crippen molar-refractivity contribution in [2.75, 3.05) is 19.6 Å². The Hall–Kier alpha value is -3.12. The van der Waals surface area contributed by atoms with Crippen molar-refractivity contribution < 1.29 is 9.90 Å². The molecule has 1 aromatic heterocycles. The molecule has 6 heteroatoms. The van der Waals surface area contributed by atoms with Crippen LogP contribution in [0.4, 0.5) is 0 Å². The van der Waals surface area contributed by atoms with Crippen LogP contribution in [-0.2, 0) is 19.3 Å². The molecule has 1 aliphatic heterocycles. The highest BCUT2D eigenvalue weighted by Crippen LogP contribution is 2.29. The first-order valence-corrected chi connectivity index (χ1v) is 12.2. The van der Waals surface area contributed by atoms with E-state index in [1.54, 1.807) is 12.1 Å². The number of nitrogens with zero attached hydrogens (tertiary/aromatic N) is 3. The van der Waals surface area contributed by atoms with E-state index in [2.05, 4.69) is 29.6 Å². The second-order valence-electron chi connectivity index (χ2n) is 9.18. The molecular weight excluding hydrogens is 412 g/mol. The van der Waals surface area contributed by atoms with Crippen LogP contribution in [0.5, 0.6) is 5.75 Å². The van der Waals surface area contributed by atoms with Gasteiger partial charge in [-0.15, -0.1) is 0 Å². The maximum atomic E-state index is 13.5. The summed E-state index contributed by atoms with van der Waals surface area (Å²) in [5, 5.41) is 18.3. The molecule has 33 heavy (non-hydrogen) atoms. The fraction of sp³-hybridized carbons (Fsp3) is 0.407. The second-order valence-corrected chi connectivity index (χ2v) is 9.18. The lowest BCUT2D eigenvalue weighted by Crippen LogP contribution is -2.38. The Morgan fingerprint density at radius 3 is 2.55 bits per heavy atom. The van der Waals surface area contributed by atoms with Gasteiger partial charge in [-0.1, -0.05) is 30.3 Å². The summed E-state index contributed by atoms with van der Waals surface area (Å²) in [5.74, 6) is 0.292. The van der Waals surface area contributed by atoms with Gasteiger partial charge in [-0.05, 0) is 81.3 Å². The van der Waals surface area contributed by atoms with Crippen molar-refractivity contribution in [3.05, 3.63) is 77.1 Å². The number of carbonyl (C=O) groups excluding carboxylic acids is 1. The minimum Gasteiger partial charge on any atom is -0.508 e. The van der Waals surface area contributed by atoms with Crippen molar-refractivity contribution in [1.82, 2.24) is 20.0 Å². The van der Waals surface area contributed by atoms with Gasteiger partial charge in [0.25, 0.3) is 5.91 Å². The number of hydrogen-bond acceptors (Lipinski definition) is 4.